The number of hydrogen-bond donors (Lipinski definition) is 3. The Morgan fingerprint density at radius 2 is 1.51 bits per heavy atom. The zero-order valence-corrected chi connectivity index (χ0v) is 19.3. The molecule has 1 aromatic heterocycles. The summed E-state index contributed by atoms with van der Waals surface area (Å²) in [5, 5.41) is 7.12. The van der Waals surface area contributed by atoms with Crippen molar-refractivity contribution in [2.75, 3.05) is 5.73 Å². The molecule has 0 bridgehead atoms. The van der Waals surface area contributed by atoms with Gasteiger partial charge in [0, 0.05) is 29.1 Å². The van der Waals surface area contributed by atoms with Crippen LogP contribution in [0.3, 0.4) is 0 Å². The molecule has 1 heterocycles. The molecule has 0 spiro atoms. The van der Waals surface area contributed by atoms with Crippen LogP contribution in [0.25, 0.3) is 22.3 Å². The lowest BCUT2D eigenvalue weighted by atomic mass is 10.0. The summed E-state index contributed by atoms with van der Waals surface area (Å²) in [7, 11) is -4.53. The Morgan fingerprint density at radius 3 is 2.00 bits per heavy atom. The van der Waals surface area contributed by atoms with E-state index in [-0.39, 0.29) is 22.6 Å². The summed E-state index contributed by atoms with van der Waals surface area (Å²) in [5.74, 6) is -3.42. The predicted molar refractivity (Wildman–Crippen MR) is 117 cm³/mol. The van der Waals surface area contributed by atoms with E-state index < -0.39 is 45.1 Å². The molecule has 0 aliphatic rings. The maximum Gasteiger partial charge on any atom is 0.490 e. The molecular formula is C21H17F7N4O4S. The lowest BCUT2D eigenvalue weighted by Crippen LogP contribution is -2.43. The molecule has 0 saturated heterocycles. The summed E-state index contributed by atoms with van der Waals surface area (Å²) in [5.41, 5.74) is 6.15. The van der Waals surface area contributed by atoms with Crippen molar-refractivity contribution in [2.24, 2.45) is 0 Å². The van der Waals surface area contributed by atoms with Gasteiger partial charge < -0.3 is 10.8 Å². The Balaban J connectivity index is 0.000000604. The molecule has 0 fully saturated rings. The molecule has 8 nitrogen and oxygen atoms in total. The average molecular weight is 554 g/mol. The molecule has 37 heavy (non-hydrogen) atoms. The number of anilines is 1. The van der Waals surface area contributed by atoms with E-state index >= 15 is 0 Å². The summed E-state index contributed by atoms with van der Waals surface area (Å²) < 4.78 is 112. The highest BCUT2D eigenvalue weighted by molar-refractivity contribution is 7.89. The SMILES string of the molecule is C[C@H](NS(=O)(=O)c1ccccc1-c1ccc(-c2cnc(N)nc2)c(F)c1)C(F)(F)F.O=C(O)C(F)(F)F. The molecule has 4 N–H and O–H groups in total. The first-order valence-electron chi connectivity index (χ1n) is 9.79. The zero-order chi connectivity index (χ0) is 28.2. The van der Waals surface area contributed by atoms with E-state index in [1.807, 2.05) is 0 Å². The Bertz CT molecular complexity index is 1360. The van der Waals surface area contributed by atoms with E-state index in [9.17, 15) is 39.2 Å². The average Bonchev–Trinajstić information content (AvgIpc) is 2.78. The number of sulfonamides is 1. The third-order valence-electron chi connectivity index (χ3n) is 4.50. The van der Waals surface area contributed by atoms with Crippen molar-refractivity contribution in [1.82, 2.24) is 14.7 Å². The fourth-order valence-corrected chi connectivity index (χ4v) is 4.16. The molecule has 0 amide bonds. The van der Waals surface area contributed by atoms with Gasteiger partial charge in [0.15, 0.2) is 0 Å². The number of alkyl halides is 6. The molecule has 0 aliphatic carbocycles. The number of nitrogens with two attached hydrogens (primary N) is 1. The summed E-state index contributed by atoms with van der Waals surface area (Å²) in [4.78, 5) is 16.1. The molecule has 200 valence electrons. The number of rotatable bonds is 5. The van der Waals surface area contributed by atoms with Crippen LogP contribution in [0.15, 0.2) is 59.8 Å². The third kappa shape index (κ3) is 7.85. The fourth-order valence-electron chi connectivity index (χ4n) is 2.70. The third-order valence-corrected chi connectivity index (χ3v) is 6.10. The quantitative estimate of drug-likeness (QED) is 0.398. The summed E-state index contributed by atoms with van der Waals surface area (Å²) in [6.07, 6.45) is -7.17. The van der Waals surface area contributed by atoms with Gasteiger partial charge in [-0.15, -0.1) is 0 Å². The van der Waals surface area contributed by atoms with Gasteiger partial charge in [-0.1, -0.05) is 30.3 Å². The number of nitrogens with one attached hydrogen (secondary N) is 1. The van der Waals surface area contributed by atoms with Crippen molar-refractivity contribution >= 4 is 21.9 Å². The van der Waals surface area contributed by atoms with Crippen molar-refractivity contribution in [2.45, 2.75) is 30.2 Å². The normalized spacial score (nSPS) is 12.9. The number of aromatic nitrogens is 2. The fraction of sp³-hybridized carbons (Fsp3) is 0.190. The highest BCUT2D eigenvalue weighted by Crippen LogP contribution is 2.32. The van der Waals surface area contributed by atoms with Crippen LogP contribution in [0.5, 0.6) is 0 Å². The van der Waals surface area contributed by atoms with Crippen LogP contribution in [0.1, 0.15) is 6.92 Å². The first kappa shape index (κ1) is 29.4. The molecule has 2 aromatic carbocycles. The van der Waals surface area contributed by atoms with Crippen LogP contribution in [0.2, 0.25) is 0 Å². The van der Waals surface area contributed by atoms with Gasteiger partial charge in [-0.3, -0.25) is 0 Å². The number of aliphatic carboxylic acids is 1. The maximum absolute atomic E-state index is 14.7. The van der Waals surface area contributed by atoms with Crippen LogP contribution in [-0.2, 0) is 14.8 Å². The van der Waals surface area contributed by atoms with Crippen molar-refractivity contribution in [3.8, 4) is 22.3 Å². The van der Waals surface area contributed by atoms with E-state index in [4.69, 9.17) is 15.6 Å². The number of benzene rings is 2. The zero-order valence-electron chi connectivity index (χ0n) is 18.5. The summed E-state index contributed by atoms with van der Waals surface area (Å²) in [6, 6.07) is 7.06. The van der Waals surface area contributed by atoms with E-state index in [0.717, 1.165) is 12.1 Å². The topological polar surface area (TPSA) is 135 Å². The monoisotopic (exact) mass is 554 g/mol. The van der Waals surface area contributed by atoms with Crippen molar-refractivity contribution in [3.63, 3.8) is 0 Å². The van der Waals surface area contributed by atoms with E-state index in [1.54, 1.807) is 4.72 Å². The predicted octanol–water partition coefficient (Wildman–Crippen LogP) is 4.39. The Hall–Kier alpha value is -3.79. The standard InChI is InChI=1S/C19H16F4N4O2S.C2HF3O2/c1-11(19(21,22)23)27-30(28,29)17-5-3-2-4-15(17)12-6-7-14(16(20)8-12)13-9-25-18(24)26-10-13;3-2(4,5)1(6)7/h2-11,27H,1H3,(H2,24,25,26);(H,6,7)/t11-;/m0./s1. The number of nitrogens with zero attached hydrogens (tertiary/aromatic N) is 2. The van der Waals surface area contributed by atoms with Crippen LogP contribution < -0.4 is 10.5 Å². The van der Waals surface area contributed by atoms with Crippen LogP contribution >= 0.6 is 0 Å². The molecule has 3 rings (SSSR count). The van der Waals surface area contributed by atoms with Crippen LogP contribution in [0, 0.1) is 5.82 Å². The number of carboxylic acid groups (broad SMARTS) is 1. The lowest BCUT2D eigenvalue weighted by Gasteiger charge is -2.19. The molecule has 1 atom stereocenters. The Morgan fingerprint density at radius 1 is 0.973 bits per heavy atom. The van der Waals surface area contributed by atoms with Gasteiger partial charge in [-0.05, 0) is 24.6 Å². The molecule has 16 heteroatoms. The van der Waals surface area contributed by atoms with Crippen LogP contribution in [-0.4, -0.2) is 47.9 Å². The van der Waals surface area contributed by atoms with Gasteiger partial charge in [0.1, 0.15) is 11.9 Å². The van der Waals surface area contributed by atoms with E-state index in [1.165, 1.54) is 42.7 Å². The minimum atomic E-state index is -5.08. The number of halogens is 7. The van der Waals surface area contributed by atoms with Crippen LogP contribution in [0.4, 0.5) is 36.7 Å². The smallest absolute Gasteiger partial charge is 0.475 e. The Kier molecular flexibility index (Phi) is 8.82. The second-order valence-electron chi connectivity index (χ2n) is 7.21. The van der Waals surface area contributed by atoms with Crippen molar-refractivity contribution in [1.29, 1.82) is 0 Å². The van der Waals surface area contributed by atoms with E-state index in [0.29, 0.717) is 12.5 Å². The maximum atomic E-state index is 14.7. The molecule has 0 aliphatic heterocycles. The Labute approximate surface area is 205 Å². The second kappa shape index (κ2) is 11.1. The minimum Gasteiger partial charge on any atom is -0.475 e. The van der Waals surface area contributed by atoms with Gasteiger partial charge in [0.05, 0.1) is 4.90 Å². The molecule has 0 saturated carbocycles. The summed E-state index contributed by atoms with van der Waals surface area (Å²) in [6.45, 7) is 0.698. The highest BCUT2D eigenvalue weighted by Gasteiger charge is 2.39. The highest BCUT2D eigenvalue weighted by atomic mass is 32.2. The van der Waals surface area contributed by atoms with Gasteiger partial charge in [0.25, 0.3) is 0 Å². The van der Waals surface area contributed by atoms with E-state index in [2.05, 4.69) is 9.97 Å². The van der Waals surface area contributed by atoms with Gasteiger partial charge in [-0.2, -0.15) is 31.1 Å². The largest absolute Gasteiger partial charge is 0.490 e. The molecule has 0 radical (unpaired) electrons. The number of carboxylic acids is 1. The lowest BCUT2D eigenvalue weighted by molar-refractivity contribution is -0.192. The first-order valence-corrected chi connectivity index (χ1v) is 11.3. The molecular weight excluding hydrogens is 537 g/mol. The van der Waals surface area contributed by atoms with Gasteiger partial charge in [0.2, 0.25) is 16.0 Å². The number of carbonyl (C=O) groups is 1. The van der Waals surface area contributed by atoms with Gasteiger partial charge >= 0.3 is 18.3 Å². The number of nitrogen functional groups attached to an aromatic ring is 1. The minimum absolute atomic E-state index is 0.0236. The van der Waals surface area contributed by atoms with Crippen molar-refractivity contribution < 1.29 is 49.1 Å². The first-order chi connectivity index (χ1) is 16.9. The summed E-state index contributed by atoms with van der Waals surface area (Å²) >= 11 is 0. The number of hydrogen-bond acceptors (Lipinski definition) is 6. The van der Waals surface area contributed by atoms with Crippen molar-refractivity contribution in [3.05, 3.63) is 60.7 Å². The molecule has 0 unspecified atom stereocenters. The second-order valence-corrected chi connectivity index (χ2v) is 8.89. The van der Waals surface area contributed by atoms with Gasteiger partial charge in [-0.25, -0.2) is 27.6 Å². The molecule has 3 aromatic rings.